The van der Waals surface area contributed by atoms with Gasteiger partial charge in [-0.3, -0.25) is 24.6 Å². The third-order valence-corrected chi connectivity index (χ3v) is 7.14. The molecule has 32 heavy (non-hydrogen) atoms. The number of hydrogen-bond donors (Lipinski definition) is 1. The second-order valence-electron chi connectivity index (χ2n) is 9.23. The smallest absolute Gasteiger partial charge is 0.255 e. The molecule has 1 aromatic rings. The van der Waals surface area contributed by atoms with Gasteiger partial charge in [0.15, 0.2) is 0 Å². The van der Waals surface area contributed by atoms with Crippen molar-refractivity contribution in [3.05, 3.63) is 29.3 Å². The first-order valence-electron chi connectivity index (χ1n) is 11.9. The van der Waals surface area contributed by atoms with Gasteiger partial charge in [0.2, 0.25) is 11.8 Å². The van der Waals surface area contributed by atoms with Gasteiger partial charge in [-0.25, -0.2) is 0 Å². The standard InChI is InChI=1S/C24H31N3O5/c28-22-9-8-20(23(29)25-22)27-15-16-14-17(6-7-18(16)24(27)30)32-21-5-1-4-19(21)26-10-2-12-31-13-3-11-26/h6-7,14,19-21H,1-5,8-13,15H2,(H,25,28,29)/t19-,20?,21+/m0/s1. The van der Waals surface area contributed by atoms with E-state index in [1.165, 1.54) is 0 Å². The van der Waals surface area contributed by atoms with Crippen molar-refractivity contribution in [2.75, 3.05) is 26.3 Å². The summed E-state index contributed by atoms with van der Waals surface area (Å²) in [6, 6.07) is 5.48. The minimum atomic E-state index is -0.590. The number of benzene rings is 1. The molecule has 3 atom stereocenters. The summed E-state index contributed by atoms with van der Waals surface area (Å²) >= 11 is 0. The average molecular weight is 442 g/mol. The zero-order valence-electron chi connectivity index (χ0n) is 18.4. The highest BCUT2D eigenvalue weighted by atomic mass is 16.5. The van der Waals surface area contributed by atoms with Crippen molar-refractivity contribution in [1.29, 1.82) is 0 Å². The van der Waals surface area contributed by atoms with Gasteiger partial charge in [-0.15, -0.1) is 0 Å². The Kier molecular flexibility index (Phi) is 6.15. The molecular weight excluding hydrogens is 410 g/mol. The molecule has 3 aliphatic heterocycles. The Morgan fingerprint density at radius 2 is 1.81 bits per heavy atom. The molecule has 3 heterocycles. The van der Waals surface area contributed by atoms with Crippen molar-refractivity contribution in [1.82, 2.24) is 15.1 Å². The van der Waals surface area contributed by atoms with E-state index in [4.69, 9.17) is 9.47 Å². The SMILES string of the molecule is O=C1CCC(N2Cc3cc(O[C@@H]4CCC[C@@H]4N4CCCOCCC4)ccc3C2=O)C(=O)N1. The number of carbonyl (C=O) groups is 3. The van der Waals surface area contributed by atoms with Crippen molar-refractivity contribution in [3.8, 4) is 5.75 Å². The fourth-order valence-electron chi connectivity index (χ4n) is 5.55. The number of ether oxygens (including phenoxy) is 2. The minimum Gasteiger partial charge on any atom is -0.489 e. The number of imide groups is 1. The lowest BCUT2D eigenvalue weighted by Gasteiger charge is -2.34. The van der Waals surface area contributed by atoms with Crippen LogP contribution in [0, 0.1) is 0 Å². The van der Waals surface area contributed by atoms with E-state index in [-0.39, 0.29) is 30.2 Å². The van der Waals surface area contributed by atoms with Gasteiger partial charge in [0.1, 0.15) is 17.9 Å². The molecule has 1 aromatic carbocycles. The third-order valence-electron chi connectivity index (χ3n) is 7.14. The lowest BCUT2D eigenvalue weighted by molar-refractivity contribution is -0.136. The summed E-state index contributed by atoms with van der Waals surface area (Å²) in [5, 5.41) is 2.35. The highest BCUT2D eigenvalue weighted by Gasteiger charge is 2.39. The van der Waals surface area contributed by atoms with Crippen LogP contribution in [-0.2, 0) is 20.9 Å². The predicted molar refractivity (Wildman–Crippen MR) is 116 cm³/mol. The van der Waals surface area contributed by atoms with Gasteiger partial charge >= 0.3 is 0 Å². The molecule has 1 unspecified atom stereocenters. The number of amides is 3. The molecule has 3 fully saturated rings. The maximum Gasteiger partial charge on any atom is 0.255 e. The summed E-state index contributed by atoms with van der Waals surface area (Å²) < 4.78 is 12.1. The predicted octanol–water partition coefficient (Wildman–Crippen LogP) is 1.86. The van der Waals surface area contributed by atoms with E-state index in [1.54, 1.807) is 4.90 Å². The molecule has 0 bridgehead atoms. The van der Waals surface area contributed by atoms with Crippen LogP contribution in [0.1, 0.15) is 60.9 Å². The molecule has 5 rings (SSSR count). The zero-order valence-corrected chi connectivity index (χ0v) is 18.4. The highest BCUT2D eigenvalue weighted by molar-refractivity contribution is 6.05. The number of piperidine rings is 1. The van der Waals surface area contributed by atoms with Gasteiger partial charge in [0.05, 0.1) is 0 Å². The van der Waals surface area contributed by atoms with E-state index in [1.807, 2.05) is 18.2 Å². The Bertz CT molecular complexity index is 896. The molecule has 1 saturated carbocycles. The number of carbonyl (C=O) groups excluding carboxylic acids is 3. The van der Waals surface area contributed by atoms with E-state index in [9.17, 15) is 14.4 Å². The van der Waals surface area contributed by atoms with Crippen molar-refractivity contribution in [3.63, 3.8) is 0 Å². The average Bonchev–Trinajstić information content (AvgIpc) is 3.32. The molecule has 0 spiro atoms. The molecule has 172 valence electrons. The van der Waals surface area contributed by atoms with E-state index in [0.29, 0.717) is 24.6 Å². The molecule has 0 aromatic heterocycles. The number of fused-ring (bicyclic) bond motifs is 1. The second-order valence-corrected chi connectivity index (χ2v) is 9.23. The quantitative estimate of drug-likeness (QED) is 0.718. The van der Waals surface area contributed by atoms with Crippen LogP contribution in [0.2, 0.25) is 0 Å². The number of rotatable bonds is 4. The van der Waals surface area contributed by atoms with Gasteiger partial charge in [0, 0.05) is 50.9 Å². The Morgan fingerprint density at radius 1 is 1.00 bits per heavy atom. The highest BCUT2D eigenvalue weighted by Crippen LogP contribution is 2.33. The largest absolute Gasteiger partial charge is 0.489 e. The number of nitrogens with zero attached hydrogens (tertiary/aromatic N) is 2. The summed E-state index contributed by atoms with van der Waals surface area (Å²) in [6.45, 7) is 4.13. The van der Waals surface area contributed by atoms with E-state index >= 15 is 0 Å². The van der Waals surface area contributed by atoms with E-state index < -0.39 is 6.04 Å². The minimum absolute atomic E-state index is 0.150. The van der Waals surface area contributed by atoms with Crippen LogP contribution in [0.3, 0.4) is 0 Å². The van der Waals surface area contributed by atoms with Crippen molar-refractivity contribution in [2.24, 2.45) is 0 Å². The van der Waals surface area contributed by atoms with Crippen LogP contribution < -0.4 is 10.1 Å². The monoisotopic (exact) mass is 441 g/mol. The van der Waals surface area contributed by atoms with Crippen LogP contribution in [0.4, 0.5) is 0 Å². The van der Waals surface area contributed by atoms with Crippen LogP contribution in [0.25, 0.3) is 0 Å². The fraction of sp³-hybridized carbons (Fsp3) is 0.625. The number of nitrogens with one attached hydrogen (secondary N) is 1. The maximum atomic E-state index is 12.9. The summed E-state index contributed by atoms with van der Waals surface area (Å²) in [6.07, 6.45) is 6.25. The van der Waals surface area contributed by atoms with Crippen molar-refractivity contribution >= 4 is 17.7 Å². The van der Waals surface area contributed by atoms with E-state index in [2.05, 4.69) is 10.2 Å². The molecule has 8 nitrogen and oxygen atoms in total. The van der Waals surface area contributed by atoms with Crippen LogP contribution in [0.15, 0.2) is 18.2 Å². The van der Waals surface area contributed by atoms with Gasteiger partial charge in [0.25, 0.3) is 5.91 Å². The van der Waals surface area contributed by atoms with Crippen LogP contribution in [0.5, 0.6) is 5.75 Å². The fourth-order valence-corrected chi connectivity index (χ4v) is 5.55. The summed E-state index contributed by atoms with van der Waals surface area (Å²) in [5.74, 6) is -0.0207. The summed E-state index contributed by atoms with van der Waals surface area (Å²) in [4.78, 5) is 40.8. The van der Waals surface area contributed by atoms with Crippen molar-refractivity contribution in [2.45, 2.75) is 69.7 Å². The lowest BCUT2D eigenvalue weighted by atomic mass is 10.0. The molecule has 1 aliphatic carbocycles. The molecule has 3 amide bonds. The molecule has 0 radical (unpaired) electrons. The van der Waals surface area contributed by atoms with Gasteiger partial charge in [-0.2, -0.15) is 0 Å². The molecule has 1 N–H and O–H groups in total. The Balaban J connectivity index is 1.27. The van der Waals surface area contributed by atoms with Crippen molar-refractivity contribution < 1.29 is 23.9 Å². The molecule has 2 saturated heterocycles. The lowest BCUT2D eigenvalue weighted by Crippen LogP contribution is -2.52. The topological polar surface area (TPSA) is 88.2 Å². The first kappa shape index (κ1) is 21.4. The van der Waals surface area contributed by atoms with Gasteiger partial charge < -0.3 is 14.4 Å². The zero-order chi connectivity index (χ0) is 22.1. The van der Waals surface area contributed by atoms with E-state index in [0.717, 1.165) is 69.7 Å². The first-order valence-corrected chi connectivity index (χ1v) is 11.9. The molecule has 8 heteroatoms. The first-order chi connectivity index (χ1) is 15.6. The van der Waals surface area contributed by atoms with Crippen LogP contribution >= 0.6 is 0 Å². The summed E-state index contributed by atoms with van der Waals surface area (Å²) in [7, 11) is 0. The van der Waals surface area contributed by atoms with Gasteiger partial charge in [-0.1, -0.05) is 0 Å². The normalized spacial score (nSPS) is 29.4. The van der Waals surface area contributed by atoms with Gasteiger partial charge in [-0.05, 0) is 62.3 Å². The Hall–Kier alpha value is -2.45. The number of hydrogen-bond acceptors (Lipinski definition) is 6. The Labute approximate surface area is 188 Å². The second kappa shape index (κ2) is 9.19. The molecular formula is C24H31N3O5. The molecule has 4 aliphatic rings. The Morgan fingerprint density at radius 3 is 2.59 bits per heavy atom. The third kappa shape index (κ3) is 4.26. The summed E-state index contributed by atoms with van der Waals surface area (Å²) in [5.41, 5.74) is 1.50. The van der Waals surface area contributed by atoms with Crippen LogP contribution in [-0.4, -0.2) is 72.0 Å². The maximum absolute atomic E-state index is 12.9.